The van der Waals surface area contributed by atoms with Gasteiger partial charge in [-0.3, -0.25) is 14.4 Å². The second-order valence-electron chi connectivity index (χ2n) is 25.3. The highest BCUT2D eigenvalue weighted by Gasteiger charge is 2.58. The van der Waals surface area contributed by atoms with E-state index in [1.165, 1.54) is 19.3 Å². The summed E-state index contributed by atoms with van der Waals surface area (Å²) >= 11 is 0. The molecule has 6 aromatic heterocycles. The van der Waals surface area contributed by atoms with Crippen LogP contribution in [-0.4, -0.2) is 131 Å². The van der Waals surface area contributed by atoms with E-state index in [1.807, 2.05) is 50.4 Å². The number of nitrogens with two attached hydrogens (primary N) is 2. The number of pyridine rings is 6. The van der Waals surface area contributed by atoms with Crippen molar-refractivity contribution in [1.29, 1.82) is 15.8 Å². The fraction of sp³-hybridized carbons (Fsp3) is 0.542. The average molecular weight is 1080 g/mol. The Morgan fingerprint density at radius 1 is 0.525 bits per heavy atom. The van der Waals surface area contributed by atoms with Crippen molar-refractivity contribution < 1.29 is 5.11 Å². The summed E-state index contributed by atoms with van der Waals surface area (Å²) in [6.45, 7) is 7.51. The lowest BCUT2D eigenvalue weighted by Crippen LogP contribution is -2.56. The van der Waals surface area contributed by atoms with E-state index in [2.05, 4.69) is 47.7 Å². The quantitative estimate of drug-likeness (QED) is 0.167. The van der Waals surface area contributed by atoms with Gasteiger partial charge < -0.3 is 60.1 Å². The van der Waals surface area contributed by atoms with Gasteiger partial charge in [-0.15, -0.1) is 0 Å². The lowest BCUT2D eigenvalue weighted by atomic mass is 9.60. The summed E-state index contributed by atoms with van der Waals surface area (Å²) in [5.74, 6) is 2.24. The first-order valence-electron chi connectivity index (χ1n) is 28.9. The van der Waals surface area contributed by atoms with Gasteiger partial charge in [0.2, 0.25) is 0 Å². The molecule has 12 heterocycles. The normalized spacial score (nSPS) is 23.4. The Hall–Kier alpha value is -7.77. The minimum atomic E-state index is -0.457. The van der Waals surface area contributed by atoms with Crippen molar-refractivity contribution in [3.05, 3.63) is 84.1 Å². The van der Waals surface area contributed by atoms with E-state index >= 15 is 4.79 Å². The maximum Gasteiger partial charge on any atom is 0.271 e. The number of rotatable bonds is 8. The van der Waals surface area contributed by atoms with Crippen LogP contribution in [0.15, 0.2) is 50.8 Å². The van der Waals surface area contributed by atoms with Crippen LogP contribution in [0.5, 0.6) is 0 Å². The third-order valence-electron chi connectivity index (χ3n) is 20.8. The molecule has 6 saturated heterocycles. The SMILES string of the molecule is N#Cc1c(N2CCC3(CC2)CC(n2c(=O)c(C#N)c(N4CCC5(CC4)CC5n4c(=O)c(C#N)c(N5CCC6(CCC6)CC5)c5nc(N6CC(N)C6)ccc54)c4nc(N5CC(N)C5)ccc42)C3)c2nc(N3CC(O)C3)ccc2[nH]c1=O. The standard InChI is InChI=1S/C59H65N17O4/c60-25-38-51(48-41(65-54(38)78)2-5-45(66-48)74-32-37(77)33-74)69-18-12-58(13-19-69)22-36(23-58)75-42-3-6-46(72-28-34(63)29-72)67-49(42)52(39(26-61)55(75)79)71-20-14-59(15-21-71)24-44(59)76-43-4-7-47(73-30-35(64)31-73)68-50(43)53(40(27-62)56(76)80)70-16-10-57(11-17-70)8-1-9-57/h2-7,34-37,44,77H,1,8-24,28-33,63-64H2,(H,65,78). The fourth-order valence-corrected chi connectivity index (χ4v) is 15.7. The summed E-state index contributed by atoms with van der Waals surface area (Å²) in [6, 6.07) is 18.3. The molecule has 1 atom stereocenters. The van der Waals surface area contributed by atoms with Gasteiger partial charge in [0.1, 0.15) is 68.9 Å². The van der Waals surface area contributed by atoms with E-state index < -0.39 is 11.7 Å². The lowest BCUT2D eigenvalue weighted by molar-refractivity contribution is 0.0357. The predicted octanol–water partition coefficient (Wildman–Crippen LogP) is 4.06. The van der Waals surface area contributed by atoms with Crippen LogP contribution in [-0.2, 0) is 0 Å². The van der Waals surface area contributed by atoms with E-state index in [1.54, 1.807) is 0 Å². The van der Waals surface area contributed by atoms with E-state index in [9.17, 15) is 30.5 Å². The zero-order valence-electron chi connectivity index (χ0n) is 44.9. The summed E-state index contributed by atoms with van der Waals surface area (Å²) in [5, 5.41) is 42.2. The molecule has 80 heavy (non-hydrogen) atoms. The first-order valence-corrected chi connectivity index (χ1v) is 28.9. The zero-order valence-corrected chi connectivity index (χ0v) is 44.9. The predicted molar refractivity (Wildman–Crippen MR) is 305 cm³/mol. The molecular weight excluding hydrogens is 1010 g/mol. The Labute approximate surface area is 461 Å². The van der Waals surface area contributed by atoms with Crippen molar-refractivity contribution in [3.8, 4) is 18.2 Å². The average Bonchev–Trinajstić information content (AvgIpc) is 4.31. The Morgan fingerprint density at radius 3 is 1.46 bits per heavy atom. The summed E-state index contributed by atoms with van der Waals surface area (Å²) in [6.07, 6.45) is 10.6. The van der Waals surface area contributed by atoms with Crippen molar-refractivity contribution in [3.63, 3.8) is 0 Å². The maximum absolute atomic E-state index is 15.1. The van der Waals surface area contributed by atoms with Gasteiger partial charge in [0, 0.05) is 103 Å². The van der Waals surface area contributed by atoms with Gasteiger partial charge in [-0.1, -0.05) is 6.42 Å². The molecular formula is C59H65N17O4. The molecule has 15 rings (SSSR count). The zero-order chi connectivity index (χ0) is 54.6. The van der Waals surface area contributed by atoms with E-state index in [4.69, 9.17) is 26.4 Å². The number of piperidine rings is 3. The highest BCUT2D eigenvalue weighted by Crippen LogP contribution is 2.63. The summed E-state index contributed by atoms with van der Waals surface area (Å²) in [4.78, 5) is 74.4. The lowest BCUT2D eigenvalue weighted by Gasteiger charge is -2.53. The second-order valence-corrected chi connectivity index (χ2v) is 25.3. The molecule has 3 aliphatic carbocycles. The molecule has 6 N–H and O–H groups in total. The summed E-state index contributed by atoms with van der Waals surface area (Å²) in [7, 11) is 0. The van der Waals surface area contributed by atoms with Crippen LogP contribution in [0.3, 0.4) is 0 Å². The number of nitrogens with one attached hydrogen (secondary N) is 1. The smallest absolute Gasteiger partial charge is 0.271 e. The van der Waals surface area contributed by atoms with Crippen molar-refractivity contribution in [2.24, 2.45) is 27.7 Å². The van der Waals surface area contributed by atoms with Crippen LogP contribution in [0.2, 0.25) is 0 Å². The molecule has 9 fully saturated rings. The molecule has 0 bridgehead atoms. The summed E-state index contributed by atoms with van der Waals surface area (Å²) in [5.41, 5.74) is 17.4. The van der Waals surface area contributed by atoms with E-state index in [0.717, 1.165) is 75.2 Å². The van der Waals surface area contributed by atoms with Gasteiger partial charge in [-0.25, -0.2) is 15.0 Å². The first-order chi connectivity index (χ1) is 38.8. The molecule has 6 aromatic rings. The van der Waals surface area contributed by atoms with Gasteiger partial charge in [0.05, 0.1) is 39.7 Å². The number of β-amino-alcohol motifs (C(OH)–C–C–N with tert-alkyl or cyclic N) is 1. The molecule has 0 aromatic carbocycles. The van der Waals surface area contributed by atoms with Crippen LogP contribution in [0, 0.1) is 50.2 Å². The topological polar surface area (TPSA) is 279 Å². The number of nitriles is 3. The van der Waals surface area contributed by atoms with Gasteiger partial charge in [0.15, 0.2) is 0 Å². The number of nitrogens with zero attached hydrogens (tertiary/aromatic N) is 14. The third kappa shape index (κ3) is 7.47. The Balaban J connectivity index is 0.716. The Morgan fingerprint density at radius 2 is 0.975 bits per heavy atom. The van der Waals surface area contributed by atoms with Crippen LogP contribution in [0.25, 0.3) is 33.1 Å². The Kier molecular flexibility index (Phi) is 11.0. The van der Waals surface area contributed by atoms with Crippen LogP contribution in [0.1, 0.15) is 106 Å². The highest BCUT2D eigenvalue weighted by atomic mass is 16.3. The molecule has 3 saturated carbocycles. The maximum atomic E-state index is 15.1. The van der Waals surface area contributed by atoms with Gasteiger partial charge in [-0.05, 0) is 123 Å². The molecule has 21 nitrogen and oxygen atoms in total. The number of aliphatic hydroxyl groups is 1. The molecule has 1 unspecified atom stereocenters. The molecule has 6 aliphatic heterocycles. The van der Waals surface area contributed by atoms with Gasteiger partial charge >= 0.3 is 0 Å². The first kappa shape index (κ1) is 49.3. The number of aromatic amines is 1. The molecule has 9 aliphatic rings. The molecule has 410 valence electrons. The Bertz CT molecular complexity index is 3910. The van der Waals surface area contributed by atoms with Gasteiger partial charge in [-0.2, -0.15) is 15.8 Å². The fourth-order valence-electron chi connectivity index (χ4n) is 15.7. The highest BCUT2D eigenvalue weighted by molar-refractivity contribution is 5.95. The van der Waals surface area contributed by atoms with E-state index in [-0.39, 0.29) is 62.8 Å². The third-order valence-corrected chi connectivity index (χ3v) is 20.8. The molecule has 3 spiro atoms. The van der Waals surface area contributed by atoms with Crippen LogP contribution < -0.4 is 57.5 Å². The van der Waals surface area contributed by atoms with Crippen molar-refractivity contribution >= 4 is 67.6 Å². The van der Waals surface area contributed by atoms with Crippen LogP contribution >= 0.6 is 0 Å². The largest absolute Gasteiger partial charge is 0.389 e. The van der Waals surface area contributed by atoms with Crippen molar-refractivity contribution in [2.45, 2.75) is 107 Å². The molecule has 0 radical (unpaired) electrons. The number of fused-ring (bicyclic) bond motifs is 3. The van der Waals surface area contributed by atoms with Crippen molar-refractivity contribution in [1.82, 2.24) is 29.1 Å². The van der Waals surface area contributed by atoms with Crippen molar-refractivity contribution in [2.75, 3.05) is 108 Å². The molecule has 21 heteroatoms. The minimum absolute atomic E-state index is 0.0285. The minimum Gasteiger partial charge on any atom is -0.389 e. The number of hydrogen-bond acceptors (Lipinski definition) is 18. The number of aliphatic hydroxyl groups excluding tert-OH is 1. The second kappa shape index (κ2) is 17.9. The van der Waals surface area contributed by atoms with Crippen LogP contribution in [0.4, 0.5) is 34.5 Å². The molecule has 0 amide bonds. The van der Waals surface area contributed by atoms with Gasteiger partial charge in [0.25, 0.3) is 16.7 Å². The summed E-state index contributed by atoms with van der Waals surface area (Å²) < 4.78 is 3.70. The van der Waals surface area contributed by atoms with E-state index in [0.29, 0.717) is 134 Å². The number of H-pyrrole nitrogens is 1. The number of hydrogen-bond donors (Lipinski definition) is 4. The number of anilines is 6. The number of aromatic nitrogens is 6. The monoisotopic (exact) mass is 1080 g/mol.